The average molecular weight is 334 g/mol. The maximum Gasteiger partial charge on any atom is 0.309 e. The van der Waals surface area contributed by atoms with Crippen LogP contribution in [0.2, 0.25) is 0 Å². The number of aryl methyl sites for hydroxylation is 1. The minimum absolute atomic E-state index is 0.242. The van der Waals surface area contributed by atoms with Crippen molar-refractivity contribution in [3.8, 4) is 11.6 Å². The largest absolute Gasteiger partial charge is 0.494 e. The summed E-state index contributed by atoms with van der Waals surface area (Å²) in [6.45, 7) is 4.63. The van der Waals surface area contributed by atoms with Crippen LogP contribution in [0, 0.1) is 0 Å². The van der Waals surface area contributed by atoms with E-state index in [1.54, 1.807) is 19.2 Å². The van der Waals surface area contributed by atoms with Crippen molar-refractivity contribution < 1.29 is 19.1 Å². The molecule has 23 heavy (non-hydrogen) atoms. The molecule has 0 atom stereocenters. The number of esters is 1. The molecule has 0 aliphatic rings. The molecule has 1 aromatic heterocycles. The molecule has 1 aromatic carbocycles. The highest BCUT2D eigenvalue weighted by Crippen LogP contribution is 2.28. The highest BCUT2D eigenvalue weighted by atomic mass is 32.1. The predicted molar refractivity (Wildman–Crippen MR) is 87.5 cm³/mol. The van der Waals surface area contributed by atoms with Crippen LogP contribution in [0.4, 0.5) is 5.69 Å². The van der Waals surface area contributed by atoms with Crippen LogP contribution < -0.4 is 14.3 Å². The Bertz CT molecular complexity index is 805. The molecule has 0 amide bonds. The van der Waals surface area contributed by atoms with Gasteiger partial charge in [-0.1, -0.05) is 30.4 Å². The number of thiazole rings is 1. The fourth-order valence-corrected chi connectivity index (χ4v) is 3.08. The van der Waals surface area contributed by atoms with Crippen molar-refractivity contribution in [3.05, 3.63) is 33.9 Å². The summed E-state index contributed by atoms with van der Waals surface area (Å²) >= 11 is 1.31. The minimum Gasteiger partial charge on any atom is -0.494 e. The fraction of sp³-hybridized carbons (Fsp3) is 0.312. The summed E-state index contributed by atoms with van der Waals surface area (Å²) in [5.74, 6) is 0.0939. The Morgan fingerprint density at radius 2 is 1.96 bits per heavy atom. The van der Waals surface area contributed by atoms with Crippen molar-refractivity contribution >= 4 is 28.9 Å². The van der Waals surface area contributed by atoms with Crippen molar-refractivity contribution in [2.45, 2.75) is 27.2 Å². The standard InChI is InChI=1S/C16H18N2O4S/c1-5-14-15(22-11(3)20)18(10(2)19)16(23-14)17-12-8-6-7-9-13(12)21-4/h6-9H,5H2,1-4H3. The SMILES string of the molecule is CCc1sc(=Nc2ccccc2OC)n(C(C)=O)c1OC(C)=O. The Hall–Kier alpha value is -2.41. The topological polar surface area (TPSA) is 69.9 Å². The zero-order chi connectivity index (χ0) is 17.0. The number of benzene rings is 1. The van der Waals surface area contributed by atoms with Gasteiger partial charge in [-0.25, -0.2) is 9.56 Å². The molecule has 2 rings (SSSR count). The smallest absolute Gasteiger partial charge is 0.309 e. The number of carbonyl (C=O) groups is 2. The number of hydrogen-bond acceptors (Lipinski definition) is 6. The Labute approximate surface area is 138 Å². The lowest BCUT2D eigenvalue weighted by atomic mass is 10.3. The number of hydrogen-bond donors (Lipinski definition) is 0. The number of para-hydroxylation sites is 2. The molecule has 0 bridgehead atoms. The van der Waals surface area contributed by atoms with E-state index in [2.05, 4.69) is 4.99 Å². The van der Waals surface area contributed by atoms with Crippen LogP contribution in [0.1, 0.15) is 30.4 Å². The van der Waals surface area contributed by atoms with Gasteiger partial charge in [-0.05, 0) is 18.6 Å². The van der Waals surface area contributed by atoms with Crippen molar-refractivity contribution in [1.82, 2.24) is 4.57 Å². The summed E-state index contributed by atoms with van der Waals surface area (Å²) in [6, 6.07) is 7.26. The van der Waals surface area contributed by atoms with Crippen molar-refractivity contribution in [2.75, 3.05) is 7.11 Å². The predicted octanol–water partition coefficient (Wildman–Crippen LogP) is 2.94. The lowest BCUT2D eigenvalue weighted by Crippen LogP contribution is -2.22. The van der Waals surface area contributed by atoms with Gasteiger partial charge in [0.15, 0.2) is 4.80 Å². The summed E-state index contributed by atoms with van der Waals surface area (Å²) in [5, 5.41) is 0. The van der Waals surface area contributed by atoms with Gasteiger partial charge in [0.1, 0.15) is 11.4 Å². The Kier molecular flexibility index (Phi) is 5.33. The third kappa shape index (κ3) is 3.68. The molecule has 0 spiro atoms. The van der Waals surface area contributed by atoms with Gasteiger partial charge < -0.3 is 9.47 Å². The van der Waals surface area contributed by atoms with Crippen molar-refractivity contribution in [2.24, 2.45) is 4.99 Å². The second-order valence-electron chi connectivity index (χ2n) is 4.70. The van der Waals surface area contributed by atoms with E-state index in [9.17, 15) is 9.59 Å². The molecular weight excluding hydrogens is 316 g/mol. The second kappa shape index (κ2) is 7.23. The van der Waals surface area contributed by atoms with E-state index < -0.39 is 5.97 Å². The molecule has 2 aromatic rings. The third-order valence-corrected chi connectivity index (χ3v) is 4.19. The fourth-order valence-electron chi connectivity index (χ4n) is 2.05. The third-order valence-electron chi connectivity index (χ3n) is 3.03. The molecule has 7 heteroatoms. The van der Waals surface area contributed by atoms with Gasteiger partial charge in [-0.2, -0.15) is 0 Å². The molecular formula is C16H18N2O4S. The monoisotopic (exact) mass is 334 g/mol. The van der Waals surface area contributed by atoms with Crippen molar-refractivity contribution in [3.63, 3.8) is 0 Å². The van der Waals surface area contributed by atoms with Crippen LogP contribution in [0.5, 0.6) is 11.6 Å². The van der Waals surface area contributed by atoms with Gasteiger partial charge in [-0.3, -0.25) is 9.59 Å². The Balaban J connectivity index is 2.71. The van der Waals surface area contributed by atoms with E-state index in [1.165, 1.54) is 29.8 Å². The summed E-state index contributed by atoms with van der Waals surface area (Å²) in [6.07, 6.45) is 0.627. The van der Waals surface area contributed by atoms with Crippen LogP contribution >= 0.6 is 11.3 Å². The highest BCUT2D eigenvalue weighted by Gasteiger charge is 2.19. The van der Waals surface area contributed by atoms with E-state index >= 15 is 0 Å². The van der Waals surface area contributed by atoms with E-state index in [0.717, 1.165) is 4.88 Å². The first-order chi connectivity index (χ1) is 11.0. The number of methoxy groups -OCH3 is 1. The Morgan fingerprint density at radius 1 is 1.26 bits per heavy atom. The van der Waals surface area contributed by atoms with E-state index in [-0.39, 0.29) is 11.8 Å². The summed E-state index contributed by atoms with van der Waals surface area (Å²) < 4.78 is 11.8. The van der Waals surface area contributed by atoms with Gasteiger partial charge in [0.25, 0.3) is 0 Å². The number of ether oxygens (including phenoxy) is 2. The van der Waals surface area contributed by atoms with Crippen LogP contribution in [0.3, 0.4) is 0 Å². The van der Waals surface area contributed by atoms with Gasteiger partial charge in [-0.15, -0.1) is 0 Å². The van der Waals surface area contributed by atoms with Crippen LogP contribution in [-0.4, -0.2) is 23.6 Å². The zero-order valence-electron chi connectivity index (χ0n) is 13.5. The van der Waals surface area contributed by atoms with E-state index in [1.807, 2.05) is 19.1 Å². The van der Waals surface area contributed by atoms with E-state index in [4.69, 9.17) is 9.47 Å². The highest BCUT2D eigenvalue weighted by molar-refractivity contribution is 7.09. The lowest BCUT2D eigenvalue weighted by Gasteiger charge is -2.06. The molecule has 0 N–H and O–H groups in total. The van der Waals surface area contributed by atoms with Crippen LogP contribution in [-0.2, 0) is 11.2 Å². The zero-order valence-corrected chi connectivity index (χ0v) is 14.3. The number of aromatic nitrogens is 1. The second-order valence-corrected chi connectivity index (χ2v) is 5.76. The van der Waals surface area contributed by atoms with Crippen molar-refractivity contribution in [1.29, 1.82) is 0 Å². The molecule has 0 saturated carbocycles. The van der Waals surface area contributed by atoms with Gasteiger partial charge in [0.05, 0.1) is 12.0 Å². The molecule has 6 nitrogen and oxygen atoms in total. The summed E-state index contributed by atoms with van der Waals surface area (Å²) in [4.78, 5) is 29.1. The van der Waals surface area contributed by atoms with Gasteiger partial charge in [0, 0.05) is 13.8 Å². The summed E-state index contributed by atoms with van der Waals surface area (Å²) in [5.41, 5.74) is 0.600. The quantitative estimate of drug-likeness (QED) is 0.806. The number of carbonyl (C=O) groups excluding carboxylic acids is 2. The van der Waals surface area contributed by atoms with E-state index in [0.29, 0.717) is 22.7 Å². The maximum atomic E-state index is 12.0. The average Bonchev–Trinajstić information content (AvgIpc) is 2.84. The molecule has 1 heterocycles. The van der Waals surface area contributed by atoms with Crippen LogP contribution in [0.25, 0.3) is 0 Å². The molecule has 0 aliphatic carbocycles. The minimum atomic E-state index is -0.476. The number of rotatable bonds is 4. The molecule has 122 valence electrons. The van der Waals surface area contributed by atoms with Gasteiger partial charge in [0.2, 0.25) is 11.8 Å². The normalized spacial score (nSPS) is 11.4. The first kappa shape index (κ1) is 17.0. The molecule has 0 saturated heterocycles. The Morgan fingerprint density at radius 3 is 2.52 bits per heavy atom. The molecule has 0 radical (unpaired) electrons. The molecule has 0 fully saturated rings. The molecule has 0 aliphatic heterocycles. The first-order valence-corrected chi connectivity index (χ1v) is 7.91. The van der Waals surface area contributed by atoms with Crippen LogP contribution in [0.15, 0.2) is 29.3 Å². The van der Waals surface area contributed by atoms with Gasteiger partial charge >= 0.3 is 5.97 Å². The summed E-state index contributed by atoms with van der Waals surface area (Å²) in [7, 11) is 1.56. The number of nitrogens with zero attached hydrogens (tertiary/aromatic N) is 2. The lowest BCUT2D eigenvalue weighted by molar-refractivity contribution is -0.132. The molecule has 0 unspecified atom stereocenters. The maximum absolute atomic E-state index is 12.0. The first-order valence-electron chi connectivity index (χ1n) is 7.09.